The van der Waals surface area contributed by atoms with E-state index in [1.807, 2.05) is 4.90 Å². The van der Waals surface area contributed by atoms with Crippen molar-refractivity contribution in [3.63, 3.8) is 0 Å². The zero-order chi connectivity index (χ0) is 19.8. The number of rotatable bonds is 4. The summed E-state index contributed by atoms with van der Waals surface area (Å²) in [5.74, 6) is -0.00539. The summed E-state index contributed by atoms with van der Waals surface area (Å²) >= 11 is 5.96. The van der Waals surface area contributed by atoms with Gasteiger partial charge in [-0.15, -0.1) is 0 Å². The van der Waals surface area contributed by atoms with Crippen molar-refractivity contribution in [1.82, 2.24) is 15.2 Å². The number of fused-ring (bicyclic) bond motifs is 3. The number of halogens is 1. The van der Waals surface area contributed by atoms with Gasteiger partial charge in [-0.25, -0.2) is 0 Å². The maximum absolute atomic E-state index is 12.8. The number of aromatic amines is 1. The van der Waals surface area contributed by atoms with Crippen molar-refractivity contribution in [1.29, 1.82) is 0 Å². The second kappa shape index (κ2) is 7.56. The minimum Gasteiger partial charge on any atom is -0.375 e. The number of piperidine rings is 1. The summed E-state index contributed by atoms with van der Waals surface area (Å²) in [4.78, 5) is 42.5. The molecule has 1 aliphatic heterocycles. The van der Waals surface area contributed by atoms with Crippen LogP contribution in [0.5, 0.6) is 0 Å². The van der Waals surface area contributed by atoms with E-state index in [9.17, 15) is 14.4 Å². The van der Waals surface area contributed by atoms with Gasteiger partial charge in [-0.1, -0.05) is 11.6 Å². The van der Waals surface area contributed by atoms with Gasteiger partial charge in [0.2, 0.25) is 11.3 Å². The number of pyridine rings is 1. The summed E-state index contributed by atoms with van der Waals surface area (Å²) in [6.45, 7) is 1.29. The number of likely N-dealkylation sites (tertiary alicyclic amines) is 1. The fourth-order valence-corrected chi connectivity index (χ4v) is 4.64. The molecule has 0 spiro atoms. The summed E-state index contributed by atoms with van der Waals surface area (Å²) in [6.07, 6.45) is 3.35. The van der Waals surface area contributed by atoms with Crippen LogP contribution >= 0.6 is 11.6 Å². The molecule has 7 nitrogen and oxygen atoms in total. The van der Waals surface area contributed by atoms with Crippen LogP contribution in [0, 0.1) is 11.8 Å². The number of hydrogen-bond donors (Lipinski definition) is 2. The maximum atomic E-state index is 12.8. The van der Waals surface area contributed by atoms with Gasteiger partial charge < -0.3 is 19.9 Å². The van der Waals surface area contributed by atoms with Crippen molar-refractivity contribution < 1.29 is 14.3 Å². The average Bonchev–Trinajstić information content (AvgIpc) is 2.89. The highest BCUT2D eigenvalue weighted by atomic mass is 35.5. The predicted molar refractivity (Wildman–Crippen MR) is 106 cm³/mol. The maximum Gasteiger partial charge on any atom is 0.257 e. The van der Waals surface area contributed by atoms with Crippen LogP contribution in [0.4, 0.5) is 0 Å². The number of ether oxygens (including phenoxy) is 1. The first-order valence-corrected chi connectivity index (χ1v) is 9.74. The number of benzene rings is 1. The van der Waals surface area contributed by atoms with E-state index in [1.165, 1.54) is 13.3 Å². The van der Waals surface area contributed by atoms with Crippen LogP contribution < -0.4 is 10.7 Å². The third-order valence-electron chi connectivity index (χ3n) is 5.84. The van der Waals surface area contributed by atoms with Crippen LogP contribution in [0.15, 0.2) is 29.2 Å². The number of carbonyl (C=O) groups is 2. The fraction of sp³-hybridized carbons (Fsp3) is 0.450. The Morgan fingerprint density at radius 1 is 1.29 bits per heavy atom. The normalized spacial score (nSPS) is 23.8. The second-order valence-corrected chi connectivity index (χ2v) is 7.99. The molecule has 0 radical (unpaired) electrons. The molecule has 1 unspecified atom stereocenters. The Balaban J connectivity index is 1.51. The van der Waals surface area contributed by atoms with Crippen LogP contribution in [0.2, 0.25) is 5.02 Å². The first-order chi connectivity index (χ1) is 13.5. The zero-order valence-corrected chi connectivity index (χ0v) is 16.3. The van der Waals surface area contributed by atoms with Crippen molar-refractivity contribution in [3.8, 4) is 0 Å². The molecule has 1 saturated heterocycles. The van der Waals surface area contributed by atoms with Crippen molar-refractivity contribution in [2.75, 3.05) is 26.8 Å². The molecule has 2 amide bonds. The van der Waals surface area contributed by atoms with Crippen LogP contribution in [0.3, 0.4) is 0 Å². The Hall–Kier alpha value is -2.38. The van der Waals surface area contributed by atoms with Crippen molar-refractivity contribution in [2.45, 2.75) is 18.9 Å². The molecule has 2 aromatic rings. The van der Waals surface area contributed by atoms with Crippen molar-refractivity contribution >= 4 is 34.3 Å². The molecule has 3 atom stereocenters. The third-order valence-corrected chi connectivity index (χ3v) is 6.07. The summed E-state index contributed by atoms with van der Waals surface area (Å²) < 4.78 is 4.95. The lowest BCUT2D eigenvalue weighted by atomic mass is 9.91. The number of H-pyrrole nitrogens is 1. The molecule has 2 N–H and O–H groups in total. The van der Waals surface area contributed by atoms with Crippen molar-refractivity contribution in [3.05, 3.63) is 45.2 Å². The number of carbonyl (C=O) groups excluding carboxylic acids is 2. The van der Waals surface area contributed by atoms with E-state index in [0.717, 1.165) is 12.8 Å². The summed E-state index contributed by atoms with van der Waals surface area (Å²) in [7, 11) is 1.51. The van der Waals surface area contributed by atoms with E-state index >= 15 is 0 Å². The topological polar surface area (TPSA) is 91.5 Å². The summed E-state index contributed by atoms with van der Waals surface area (Å²) in [5, 5.41) is 4.00. The van der Waals surface area contributed by atoms with Gasteiger partial charge in [0, 0.05) is 42.8 Å². The molecule has 28 heavy (non-hydrogen) atoms. The van der Waals surface area contributed by atoms with E-state index in [4.69, 9.17) is 16.3 Å². The van der Waals surface area contributed by atoms with Gasteiger partial charge in [0.1, 0.15) is 12.2 Å². The van der Waals surface area contributed by atoms with E-state index < -0.39 is 0 Å². The lowest BCUT2D eigenvalue weighted by Gasteiger charge is -2.38. The summed E-state index contributed by atoms with van der Waals surface area (Å²) in [5.41, 5.74) is 0.370. The number of aromatic nitrogens is 1. The SMILES string of the molecule is COCC(=O)N1C[C@H]2CC[C@@H](C1)C2NC(=O)c1c[nH]c2cc(Cl)ccc2c1=O. The van der Waals surface area contributed by atoms with Gasteiger partial charge in [-0.2, -0.15) is 0 Å². The predicted octanol–water partition coefficient (Wildman–Crippen LogP) is 1.79. The van der Waals surface area contributed by atoms with Crippen molar-refractivity contribution in [2.24, 2.45) is 11.8 Å². The number of methoxy groups -OCH3 is 1. The molecule has 8 heteroatoms. The second-order valence-electron chi connectivity index (χ2n) is 7.55. The molecular weight excluding hydrogens is 382 g/mol. The molecule has 1 aromatic carbocycles. The van der Waals surface area contributed by atoms with E-state index in [2.05, 4.69) is 10.3 Å². The minimum atomic E-state index is -0.378. The lowest BCUT2D eigenvalue weighted by molar-refractivity contribution is -0.137. The molecular formula is C20H22ClN3O4. The third kappa shape index (κ3) is 3.40. The number of hydrogen-bond acceptors (Lipinski definition) is 4. The molecule has 2 heterocycles. The monoisotopic (exact) mass is 403 g/mol. The standard InChI is InChI=1S/C20H22ClN3O4/c1-28-10-17(25)24-8-11-2-3-12(9-24)18(11)23-20(27)15-7-22-16-6-13(21)4-5-14(16)19(15)26/h4-7,11-12,18H,2-3,8-10H2,1H3,(H,22,26)(H,23,27)/t11-,12+,18?. The Morgan fingerprint density at radius 3 is 2.68 bits per heavy atom. The van der Waals surface area contributed by atoms with Crippen LogP contribution in [0.25, 0.3) is 10.9 Å². The molecule has 1 aromatic heterocycles. The highest BCUT2D eigenvalue weighted by Gasteiger charge is 2.44. The fourth-order valence-electron chi connectivity index (χ4n) is 4.47. The van der Waals surface area contributed by atoms with Gasteiger partial charge in [-0.05, 0) is 42.9 Å². The van der Waals surface area contributed by atoms with Crippen LogP contribution in [-0.4, -0.2) is 54.5 Å². The lowest BCUT2D eigenvalue weighted by Crippen LogP contribution is -2.54. The van der Waals surface area contributed by atoms with Gasteiger partial charge >= 0.3 is 0 Å². The van der Waals surface area contributed by atoms with Crippen LogP contribution in [-0.2, 0) is 9.53 Å². The van der Waals surface area contributed by atoms with E-state index in [0.29, 0.717) is 29.0 Å². The van der Waals surface area contributed by atoms with Gasteiger partial charge in [0.05, 0.1) is 5.52 Å². The smallest absolute Gasteiger partial charge is 0.257 e. The number of nitrogens with zero attached hydrogens (tertiary/aromatic N) is 1. The Morgan fingerprint density at radius 2 is 2.00 bits per heavy atom. The minimum absolute atomic E-state index is 0.0196. The molecule has 148 valence electrons. The molecule has 2 bridgehead atoms. The summed E-state index contributed by atoms with van der Waals surface area (Å²) in [6, 6.07) is 4.89. The Bertz CT molecular complexity index is 975. The first-order valence-electron chi connectivity index (χ1n) is 9.36. The molecule has 1 saturated carbocycles. The molecule has 1 aliphatic carbocycles. The molecule has 4 rings (SSSR count). The largest absolute Gasteiger partial charge is 0.375 e. The van der Waals surface area contributed by atoms with Gasteiger partial charge in [0.25, 0.3) is 5.91 Å². The average molecular weight is 404 g/mol. The van der Waals surface area contributed by atoms with E-state index in [1.54, 1.807) is 18.2 Å². The number of nitrogens with one attached hydrogen (secondary N) is 2. The van der Waals surface area contributed by atoms with Gasteiger partial charge in [0.15, 0.2) is 0 Å². The Labute approximate surface area is 167 Å². The quantitative estimate of drug-likeness (QED) is 0.814. The zero-order valence-electron chi connectivity index (χ0n) is 15.5. The first kappa shape index (κ1) is 19.0. The van der Waals surface area contributed by atoms with Gasteiger partial charge in [-0.3, -0.25) is 14.4 Å². The highest BCUT2D eigenvalue weighted by Crippen LogP contribution is 2.37. The molecule has 2 aliphatic rings. The highest BCUT2D eigenvalue weighted by molar-refractivity contribution is 6.31. The van der Waals surface area contributed by atoms with E-state index in [-0.39, 0.29) is 47.3 Å². The molecule has 2 fully saturated rings. The van der Waals surface area contributed by atoms with Crippen LogP contribution in [0.1, 0.15) is 23.2 Å². The number of amides is 2. The Kier molecular flexibility index (Phi) is 5.12.